The zero-order chi connectivity index (χ0) is 17.8. The fourth-order valence-electron chi connectivity index (χ4n) is 3.68. The smallest absolute Gasteiger partial charge is 0.308 e. The summed E-state index contributed by atoms with van der Waals surface area (Å²) in [6.07, 6.45) is 6.54. The zero-order valence-corrected chi connectivity index (χ0v) is 14.7. The van der Waals surface area contributed by atoms with Crippen LogP contribution in [0, 0.1) is 5.92 Å². The molecule has 0 spiro atoms. The number of hydrogen-bond acceptors (Lipinski definition) is 2. The molecule has 2 aromatic rings. The lowest BCUT2D eigenvalue weighted by molar-refractivity contribution is -0.143. The van der Waals surface area contributed by atoms with Crippen molar-refractivity contribution in [2.24, 2.45) is 5.92 Å². The Morgan fingerprint density at radius 3 is 2.80 bits per heavy atom. The Morgan fingerprint density at radius 2 is 2.04 bits per heavy atom. The highest BCUT2D eigenvalue weighted by Crippen LogP contribution is 2.25. The Bertz CT molecular complexity index is 765. The van der Waals surface area contributed by atoms with E-state index in [4.69, 9.17) is 0 Å². The second kappa shape index (κ2) is 7.72. The number of carboxylic acid groups (broad SMARTS) is 1. The summed E-state index contributed by atoms with van der Waals surface area (Å²) >= 11 is 0. The normalized spacial score (nSPS) is 20.5. The van der Waals surface area contributed by atoms with E-state index in [9.17, 15) is 14.7 Å². The highest BCUT2D eigenvalue weighted by atomic mass is 16.4. The summed E-state index contributed by atoms with van der Waals surface area (Å²) in [4.78, 5) is 27.4. The molecular weight excluding hydrogens is 316 g/mol. The van der Waals surface area contributed by atoms with Gasteiger partial charge in [0.1, 0.15) is 0 Å². The fourth-order valence-corrected chi connectivity index (χ4v) is 3.68. The van der Waals surface area contributed by atoms with Gasteiger partial charge >= 0.3 is 5.97 Å². The van der Waals surface area contributed by atoms with E-state index in [1.54, 1.807) is 0 Å². The average Bonchev–Trinajstić information content (AvgIpc) is 3.02. The average molecular weight is 342 g/mol. The summed E-state index contributed by atoms with van der Waals surface area (Å²) in [6, 6.07) is 7.48. The number of hydrogen-bond donors (Lipinski definition) is 3. The molecule has 3 rings (SSSR count). The number of carbonyl (C=O) groups excluding carboxylic acids is 1. The Kier molecular flexibility index (Phi) is 5.41. The van der Waals surface area contributed by atoms with Crippen molar-refractivity contribution < 1.29 is 14.7 Å². The molecule has 0 unspecified atom stereocenters. The highest BCUT2D eigenvalue weighted by molar-refractivity contribution is 5.98. The van der Waals surface area contributed by atoms with Crippen molar-refractivity contribution in [3.8, 4) is 0 Å². The largest absolute Gasteiger partial charge is 0.481 e. The number of nitrogens with one attached hydrogen (secondary N) is 2. The van der Waals surface area contributed by atoms with Crippen molar-refractivity contribution in [1.82, 2.24) is 10.3 Å². The number of aliphatic carboxylic acids is 1. The van der Waals surface area contributed by atoms with Crippen LogP contribution in [0.25, 0.3) is 10.9 Å². The van der Waals surface area contributed by atoms with Crippen LogP contribution in [0.2, 0.25) is 0 Å². The zero-order valence-electron chi connectivity index (χ0n) is 14.7. The number of carboxylic acids is 1. The van der Waals surface area contributed by atoms with Crippen LogP contribution in [0.5, 0.6) is 0 Å². The summed E-state index contributed by atoms with van der Waals surface area (Å²) in [5, 5.41) is 13.4. The van der Waals surface area contributed by atoms with Gasteiger partial charge in [-0.1, -0.05) is 32.3 Å². The molecule has 25 heavy (non-hydrogen) atoms. The van der Waals surface area contributed by atoms with Gasteiger partial charge in [-0.05, 0) is 49.3 Å². The Morgan fingerprint density at radius 1 is 1.24 bits per heavy atom. The first kappa shape index (κ1) is 17.5. The molecule has 1 amide bonds. The number of rotatable bonds is 6. The first-order valence-electron chi connectivity index (χ1n) is 9.24. The molecule has 1 saturated carbocycles. The fraction of sp³-hybridized carbons (Fsp3) is 0.500. The lowest BCUT2D eigenvalue weighted by Crippen LogP contribution is -2.45. The SMILES string of the molecule is CCCCc1cc2ccc(C(=O)N[C@H]3CCCC[C@H]3C(=O)O)cc2[nH]1. The third-order valence-electron chi connectivity index (χ3n) is 5.14. The number of H-pyrrole nitrogens is 1. The minimum atomic E-state index is -0.814. The van der Waals surface area contributed by atoms with Crippen LogP contribution in [0.15, 0.2) is 24.3 Å². The second-order valence-electron chi connectivity index (χ2n) is 7.01. The van der Waals surface area contributed by atoms with E-state index in [-0.39, 0.29) is 11.9 Å². The van der Waals surface area contributed by atoms with E-state index in [0.717, 1.165) is 49.4 Å². The minimum Gasteiger partial charge on any atom is -0.481 e. The van der Waals surface area contributed by atoms with Gasteiger partial charge in [0.15, 0.2) is 0 Å². The van der Waals surface area contributed by atoms with Crippen LogP contribution < -0.4 is 5.32 Å². The molecule has 5 heteroatoms. The number of amides is 1. The van der Waals surface area contributed by atoms with Crippen LogP contribution in [-0.4, -0.2) is 28.0 Å². The van der Waals surface area contributed by atoms with Crippen LogP contribution in [-0.2, 0) is 11.2 Å². The molecule has 1 aromatic heterocycles. The molecule has 134 valence electrons. The third kappa shape index (κ3) is 4.03. The molecule has 1 heterocycles. The predicted molar refractivity (Wildman–Crippen MR) is 97.8 cm³/mol. The van der Waals surface area contributed by atoms with E-state index >= 15 is 0 Å². The molecule has 5 nitrogen and oxygen atoms in total. The van der Waals surface area contributed by atoms with E-state index in [0.29, 0.717) is 12.0 Å². The number of unbranched alkanes of at least 4 members (excludes halogenated alkanes) is 1. The van der Waals surface area contributed by atoms with Gasteiger partial charge in [0.2, 0.25) is 0 Å². The number of aryl methyl sites for hydroxylation is 1. The maximum Gasteiger partial charge on any atom is 0.308 e. The van der Waals surface area contributed by atoms with Gasteiger partial charge in [-0.3, -0.25) is 9.59 Å². The Balaban J connectivity index is 1.73. The van der Waals surface area contributed by atoms with Crippen molar-refractivity contribution in [3.63, 3.8) is 0 Å². The summed E-state index contributed by atoms with van der Waals surface area (Å²) in [7, 11) is 0. The lowest BCUT2D eigenvalue weighted by atomic mass is 9.84. The van der Waals surface area contributed by atoms with E-state index in [1.807, 2.05) is 18.2 Å². The number of benzene rings is 1. The molecule has 1 fully saturated rings. The van der Waals surface area contributed by atoms with Crippen LogP contribution in [0.3, 0.4) is 0 Å². The highest BCUT2D eigenvalue weighted by Gasteiger charge is 2.32. The number of aromatic nitrogens is 1. The maximum absolute atomic E-state index is 12.6. The Labute approximate surface area is 147 Å². The molecule has 1 aliphatic carbocycles. The first-order valence-corrected chi connectivity index (χ1v) is 9.24. The van der Waals surface area contributed by atoms with Crippen molar-refractivity contribution in [2.45, 2.75) is 57.9 Å². The number of aromatic amines is 1. The molecule has 0 radical (unpaired) electrons. The maximum atomic E-state index is 12.6. The molecule has 0 bridgehead atoms. The van der Waals surface area contributed by atoms with E-state index in [2.05, 4.69) is 23.3 Å². The molecule has 1 aliphatic rings. The van der Waals surface area contributed by atoms with Gasteiger partial charge in [-0.2, -0.15) is 0 Å². The topological polar surface area (TPSA) is 82.2 Å². The molecule has 3 N–H and O–H groups in total. The summed E-state index contributed by atoms with van der Waals surface area (Å²) in [6.45, 7) is 2.17. The van der Waals surface area contributed by atoms with E-state index in [1.165, 1.54) is 5.69 Å². The van der Waals surface area contributed by atoms with Crippen LogP contribution in [0.1, 0.15) is 61.5 Å². The van der Waals surface area contributed by atoms with Crippen molar-refractivity contribution in [3.05, 3.63) is 35.5 Å². The summed E-state index contributed by atoms with van der Waals surface area (Å²) in [5.74, 6) is -1.48. The third-order valence-corrected chi connectivity index (χ3v) is 5.14. The monoisotopic (exact) mass is 342 g/mol. The van der Waals surface area contributed by atoms with Crippen molar-refractivity contribution in [2.75, 3.05) is 0 Å². The van der Waals surface area contributed by atoms with Gasteiger partial charge in [0, 0.05) is 22.8 Å². The van der Waals surface area contributed by atoms with Crippen LogP contribution in [0.4, 0.5) is 0 Å². The number of carbonyl (C=O) groups is 2. The standard InChI is InChI=1S/C20H26N2O3/c1-2-3-6-15-11-13-9-10-14(12-18(13)21-15)19(23)22-17-8-5-4-7-16(17)20(24)25/h9-12,16-17,21H,2-8H2,1H3,(H,22,23)(H,24,25)/t16-,17+/m1/s1. The van der Waals surface area contributed by atoms with Gasteiger partial charge in [0.25, 0.3) is 5.91 Å². The Hall–Kier alpha value is -2.30. The summed E-state index contributed by atoms with van der Waals surface area (Å²) < 4.78 is 0. The van der Waals surface area contributed by atoms with Gasteiger partial charge in [-0.15, -0.1) is 0 Å². The molecular formula is C20H26N2O3. The van der Waals surface area contributed by atoms with Crippen LogP contribution >= 0.6 is 0 Å². The molecule has 0 aliphatic heterocycles. The van der Waals surface area contributed by atoms with Crippen molar-refractivity contribution in [1.29, 1.82) is 0 Å². The number of fused-ring (bicyclic) bond motifs is 1. The minimum absolute atomic E-state index is 0.190. The van der Waals surface area contributed by atoms with Gasteiger partial charge in [-0.25, -0.2) is 0 Å². The van der Waals surface area contributed by atoms with Crippen molar-refractivity contribution >= 4 is 22.8 Å². The second-order valence-corrected chi connectivity index (χ2v) is 7.01. The van der Waals surface area contributed by atoms with E-state index < -0.39 is 11.9 Å². The lowest BCUT2D eigenvalue weighted by Gasteiger charge is -2.29. The van der Waals surface area contributed by atoms with Gasteiger partial charge in [0.05, 0.1) is 5.92 Å². The quantitative estimate of drug-likeness (QED) is 0.745. The first-order chi connectivity index (χ1) is 12.1. The molecule has 1 aromatic carbocycles. The molecule has 2 atom stereocenters. The van der Waals surface area contributed by atoms with Gasteiger partial charge < -0.3 is 15.4 Å². The molecule has 0 saturated heterocycles. The predicted octanol–water partition coefficient (Wildman–Crippen LogP) is 3.88. The summed E-state index contributed by atoms with van der Waals surface area (Å²) in [5.41, 5.74) is 2.72.